The maximum atomic E-state index is 11.8. The predicted molar refractivity (Wildman–Crippen MR) is 67.2 cm³/mol. The van der Waals surface area contributed by atoms with Gasteiger partial charge in [-0.1, -0.05) is 0 Å². The molecule has 0 spiro atoms. The van der Waals surface area contributed by atoms with Crippen molar-refractivity contribution in [1.82, 2.24) is 9.97 Å². The maximum absolute atomic E-state index is 11.8. The van der Waals surface area contributed by atoms with Gasteiger partial charge in [0.05, 0.1) is 19.5 Å². The van der Waals surface area contributed by atoms with Crippen molar-refractivity contribution in [1.29, 1.82) is 0 Å². The zero-order chi connectivity index (χ0) is 14.9. The van der Waals surface area contributed by atoms with Gasteiger partial charge in [0.2, 0.25) is 15.9 Å². The molecule has 1 aromatic rings. The summed E-state index contributed by atoms with van der Waals surface area (Å²) in [5.41, 5.74) is -0.00843. The third-order valence-corrected chi connectivity index (χ3v) is 4.11. The SMILES string of the molecule is COC(=O)c1cnc(N2CC(S(N)(=O)=O)CC2=O)cn1. The van der Waals surface area contributed by atoms with Crippen molar-refractivity contribution >= 4 is 27.7 Å². The Morgan fingerprint density at radius 3 is 2.60 bits per heavy atom. The number of hydrogen-bond donors (Lipinski definition) is 1. The summed E-state index contributed by atoms with van der Waals surface area (Å²) in [6.45, 7) is -0.0794. The minimum Gasteiger partial charge on any atom is -0.464 e. The third-order valence-electron chi connectivity index (χ3n) is 2.86. The van der Waals surface area contributed by atoms with E-state index in [1.165, 1.54) is 18.2 Å². The van der Waals surface area contributed by atoms with Gasteiger partial charge in [0.15, 0.2) is 11.5 Å². The molecule has 0 saturated carbocycles. The van der Waals surface area contributed by atoms with Crippen LogP contribution < -0.4 is 10.0 Å². The quantitative estimate of drug-likeness (QED) is 0.683. The highest BCUT2D eigenvalue weighted by Crippen LogP contribution is 2.21. The lowest BCUT2D eigenvalue weighted by Crippen LogP contribution is -2.32. The van der Waals surface area contributed by atoms with E-state index in [1.54, 1.807) is 0 Å². The number of nitrogens with two attached hydrogens (primary N) is 1. The van der Waals surface area contributed by atoms with Crippen molar-refractivity contribution in [2.75, 3.05) is 18.6 Å². The summed E-state index contributed by atoms with van der Waals surface area (Å²) in [6, 6.07) is 0. The first-order valence-electron chi connectivity index (χ1n) is 5.55. The standard InChI is InChI=1S/C10H12N4O5S/c1-19-10(16)7-3-13-8(4-12-7)14-5-6(2-9(14)15)20(11,17)18/h3-4,6H,2,5H2,1H3,(H2,11,17,18). The van der Waals surface area contributed by atoms with E-state index in [4.69, 9.17) is 5.14 Å². The molecular formula is C10H12N4O5S. The minimum absolute atomic E-state index is 0.00843. The van der Waals surface area contributed by atoms with Crippen molar-refractivity contribution in [3.63, 3.8) is 0 Å². The summed E-state index contributed by atoms with van der Waals surface area (Å²) in [4.78, 5) is 31.8. The molecule has 1 aliphatic heterocycles. The number of anilines is 1. The van der Waals surface area contributed by atoms with Crippen LogP contribution in [-0.4, -0.2) is 49.2 Å². The molecule has 20 heavy (non-hydrogen) atoms. The van der Waals surface area contributed by atoms with Crippen LogP contribution in [0.25, 0.3) is 0 Å². The number of ether oxygens (including phenoxy) is 1. The maximum Gasteiger partial charge on any atom is 0.358 e. The molecule has 0 radical (unpaired) electrons. The zero-order valence-corrected chi connectivity index (χ0v) is 11.3. The first-order chi connectivity index (χ1) is 9.32. The first-order valence-corrected chi connectivity index (χ1v) is 7.16. The molecule has 1 aliphatic rings. The lowest BCUT2D eigenvalue weighted by Gasteiger charge is -2.14. The molecular weight excluding hydrogens is 288 g/mol. The summed E-state index contributed by atoms with van der Waals surface area (Å²) in [6.07, 6.45) is 2.16. The number of carbonyl (C=O) groups is 2. The van der Waals surface area contributed by atoms with Gasteiger partial charge >= 0.3 is 5.97 Å². The molecule has 0 aliphatic carbocycles. The van der Waals surface area contributed by atoms with Crippen LogP contribution in [0.1, 0.15) is 16.9 Å². The lowest BCUT2D eigenvalue weighted by atomic mass is 10.4. The molecule has 1 unspecified atom stereocenters. The van der Waals surface area contributed by atoms with Gasteiger partial charge in [-0.3, -0.25) is 9.69 Å². The molecule has 1 fully saturated rings. The third kappa shape index (κ3) is 2.75. The predicted octanol–water partition coefficient (Wildman–Crippen LogP) is -1.34. The number of amides is 1. The second kappa shape index (κ2) is 5.13. The number of rotatable bonds is 3. The number of esters is 1. The number of aromatic nitrogens is 2. The Bertz CT molecular complexity index is 642. The molecule has 1 amide bonds. The van der Waals surface area contributed by atoms with Crippen LogP contribution in [0.4, 0.5) is 5.82 Å². The van der Waals surface area contributed by atoms with Crippen LogP contribution in [0.5, 0.6) is 0 Å². The molecule has 10 heteroatoms. The first kappa shape index (κ1) is 14.3. The Hall–Kier alpha value is -2.07. The smallest absolute Gasteiger partial charge is 0.358 e. The van der Waals surface area contributed by atoms with E-state index in [2.05, 4.69) is 14.7 Å². The molecule has 0 aromatic carbocycles. The van der Waals surface area contributed by atoms with Crippen LogP contribution in [0, 0.1) is 0 Å². The largest absolute Gasteiger partial charge is 0.464 e. The van der Waals surface area contributed by atoms with Gasteiger partial charge in [-0.05, 0) is 0 Å². The summed E-state index contributed by atoms with van der Waals surface area (Å²) >= 11 is 0. The fraction of sp³-hybridized carbons (Fsp3) is 0.400. The monoisotopic (exact) mass is 300 g/mol. The van der Waals surface area contributed by atoms with Crippen LogP contribution in [-0.2, 0) is 19.6 Å². The summed E-state index contributed by atoms with van der Waals surface area (Å²) < 4.78 is 26.9. The lowest BCUT2D eigenvalue weighted by molar-refractivity contribution is -0.117. The molecule has 9 nitrogen and oxygen atoms in total. The van der Waals surface area contributed by atoms with Gasteiger partial charge in [-0.15, -0.1) is 0 Å². The molecule has 2 N–H and O–H groups in total. The second-order valence-electron chi connectivity index (χ2n) is 4.17. The number of carbonyl (C=O) groups excluding carboxylic acids is 2. The van der Waals surface area contributed by atoms with Crippen molar-refractivity contribution < 1.29 is 22.7 Å². The topological polar surface area (TPSA) is 133 Å². The Morgan fingerprint density at radius 2 is 2.15 bits per heavy atom. The average molecular weight is 300 g/mol. The molecule has 2 heterocycles. The molecule has 108 valence electrons. The van der Waals surface area contributed by atoms with Crippen molar-refractivity contribution in [2.45, 2.75) is 11.7 Å². The highest BCUT2D eigenvalue weighted by Gasteiger charge is 2.37. The normalized spacial score (nSPS) is 19.2. The Kier molecular flexibility index (Phi) is 3.68. The molecule has 2 rings (SSSR count). The highest BCUT2D eigenvalue weighted by atomic mass is 32.2. The number of primary sulfonamides is 1. The van der Waals surface area contributed by atoms with Gasteiger partial charge in [-0.25, -0.2) is 28.3 Å². The van der Waals surface area contributed by atoms with E-state index in [1.807, 2.05) is 0 Å². The van der Waals surface area contributed by atoms with E-state index < -0.39 is 27.1 Å². The molecule has 1 atom stereocenters. The molecule has 0 bridgehead atoms. The number of nitrogens with zero attached hydrogens (tertiary/aromatic N) is 3. The zero-order valence-electron chi connectivity index (χ0n) is 10.5. The van der Waals surface area contributed by atoms with Crippen molar-refractivity contribution in [3.8, 4) is 0 Å². The van der Waals surface area contributed by atoms with Crippen molar-refractivity contribution in [3.05, 3.63) is 18.1 Å². The molecule has 1 aromatic heterocycles. The van der Waals surface area contributed by atoms with Gasteiger partial charge in [0.25, 0.3) is 0 Å². The number of hydrogen-bond acceptors (Lipinski definition) is 7. The summed E-state index contributed by atoms with van der Waals surface area (Å²) in [7, 11) is -2.58. The Balaban J connectivity index is 2.21. The summed E-state index contributed by atoms with van der Waals surface area (Å²) in [5, 5.41) is 4.06. The van der Waals surface area contributed by atoms with Crippen LogP contribution in [0.2, 0.25) is 0 Å². The van der Waals surface area contributed by atoms with Gasteiger partial charge in [0, 0.05) is 13.0 Å². The fourth-order valence-corrected chi connectivity index (χ4v) is 2.52. The fourth-order valence-electron chi connectivity index (χ4n) is 1.79. The average Bonchev–Trinajstić information content (AvgIpc) is 2.80. The second-order valence-corrected chi connectivity index (χ2v) is 6.02. The number of sulfonamides is 1. The minimum atomic E-state index is -3.79. The van der Waals surface area contributed by atoms with E-state index in [-0.39, 0.29) is 24.5 Å². The van der Waals surface area contributed by atoms with E-state index in [0.717, 1.165) is 6.20 Å². The van der Waals surface area contributed by atoms with Crippen LogP contribution in [0.15, 0.2) is 12.4 Å². The van der Waals surface area contributed by atoms with Crippen LogP contribution >= 0.6 is 0 Å². The Labute approximate surface area is 114 Å². The highest BCUT2D eigenvalue weighted by molar-refractivity contribution is 7.89. The van der Waals surface area contributed by atoms with Crippen LogP contribution in [0.3, 0.4) is 0 Å². The van der Waals surface area contributed by atoms with E-state index in [0.29, 0.717) is 0 Å². The van der Waals surface area contributed by atoms with Crippen molar-refractivity contribution in [2.24, 2.45) is 5.14 Å². The van der Waals surface area contributed by atoms with Gasteiger partial charge in [-0.2, -0.15) is 0 Å². The summed E-state index contributed by atoms with van der Waals surface area (Å²) in [5.74, 6) is -0.905. The van der Waals surface area contributed by atoms with E-state index >= 15 is 0 Å². The van der Waals surface area contributed by atoms with Gasteiger partial charge in [0.1, 0.15) is 5.25 Å². The Morgan fingerprint density at radius 1 is 1.45 bits per heavy atom. The van der Waals surface area contributed by atoms with Gasteiger partial charge < -0.3 is 4.74 Å². The number of methoxy groups -OCH3 is 1. The van der Waals surface area contributed by atoms with E-state index in [9.17, 15) is 18.0 Å². The molecule has 1 saturated heterocycles.